The lowest BCUT2D eigenvalue weighted by molar-refractivity contribution is -0.156. The Labute approximate surface area is 189 Å². The fourth-order valence-electron chi connectivity index (χ4n) is 3.15. The maximum absolute atomic E-state index is 12.6. The van der Waals surface area contributed by atoms with Crippen molar-refractivity contribution >= 4 is 32.7 Å². The molecule has 31 heavy (non-hydrogen) atoms. The molecule has 1 unspecified atom stereocenters. The third-order valence-electron chi connectivity index (χ3n) is 4.65. The highest BCUT2D eigenvalue weighted by atomic mass is 79.9. The number of carbonyl (C=O) groups is 1. The molecule has 0 bridgehead atoms. The molecule has 0 N–H and O–H groups in total. The van der Waals surface area contributed by atoms with Crippen LogP contribution in [-0.4, -0.2) is 41.7 Å². The minimum absolute atomic E-state index is 0.148. The van der Waals surface area contributed by atoms with E-state index in [1.807, 2.05) is 43.3 Å². The van der Waals surface area contributed by atoms with Crippen molar-refractivity contribution in [3.63, 3.8) is 0 Å². The quantitative estimate of drug-likeness (QED) is 0.404. The molecule has 2 aromatic carbocycles. The van der Waals surface area contributed by atoms with Gasteiger partial charge in [0, 0.05) is 22.9 Å². The summed E-state index contributed by atoms with van der Waals surface area (Å²) >= 11 is 3.40. The zero-order valence-electron chi connectivity index (χ0n) is 17.5. The van der Waals surface area contributed by atoms with Crippen LogP contribution >= 0.6 is 15.9 Å². The predicted molar refractivity (Wildman–Crippen MR) is 121 cm³/mol. The van der Waals surface area contributed by atoms with Crippen LogP contribution in [0.15, 0.2) is 57.9 Å². The Morgan fingerprint density at radius 1 is 1.13 bits per heavy atom. The number of aromatic nitrogens is 2. The second-order valence-corrected chi connectivity index (χ2v) is 7.71. The number of benzene rings is 2. The van der Waals surface area contributed by atoms with E-state index in [0.29, 0.717) is 43.9 Å². The summed E-state index contributed by atoms with van der Waals surface area (Å²) in [7, 11) is 0. The van der Waals surface area contributed by atoms with Crippen LogP contribution in [0.3, 0.4) is 0 Å². The minimum Gasteiger partial charge on any atom is -0.492 e. The first-order valence-electron chi connectivity index (χ1n) is 10.2. The Hall–Kier alpha value is -2.71. The van der Waals surface area contributed by atoms with Gasteiger partial charge in [-0.05, 0) is 49.7 Å². The molecule has 1 atom stereocenters. The number of fused-ring (bicyclic) bond motifs is 1. The molecular formula is C23H25BrN2O5. The van der Waals surface area contributed by atoms with E-state index in [1.165, 1.54) is 4.68 Å². The van der Waals surface area contributed by atoms with Crippen molar-refractivity contribution in [2.24, 2.45) is 0 Å². The molecule has 1 aromatic heterocycles. The molecule has 0 aliphatic heterocycles. The number of ether oxygens (including phenoxy) is 3. The fourth-order valence-corrected chi connectivity index (χ4v) is 3.53. The summed E-state index contributed by atoms with van der Waals surface area (Å²) in [5, 5.41) is 5.63. The number of hydrogen-bond donors (Lipinski definition) is 0. The molecule has 164 valence electrons. The molecule has 8 heteroatoms. The summed E-state index contributed by atoms with van der Waals surface area (Å²) in [6.45, 7) is 5.01. The van der Waals surface area contributed by atoms with E-state index >= 15 is 0 Å². The van der Waals surface area contributed by atoms with E-state index < -0.39 is 6.10 Å². The van der Waals surface area contributed by atoms with Crippen molar-refractivity contribution in [3.8, 4) is 5.75 Å². The van der Waals surface area contributed by atoms with Gasteiger partial charge >= 0.3 is 5.97 Å². The lowest BCUT2D eigenvalue weighted by Gasteiger charge is -2.16. The van der Waals surface area contributed by atoms with E-state index in [2.05, 4.69) is 21.0 Å². The van der Waals surface area contributed by atoms with Gasteiger partial charge in [0.25, 0.3) is 5.56 Å². The first kappa shape index (κ1) is 23.0. The molecule has 1 heterocycles. The van der Waals surface area contributed by atoms with Crippen LogP contribution in [0.25, 0.3) is 10.8 Å². The highest BCUT2D eigenvalue weighted by Crippen LogP contribution is 2.17. The van der Waals surface area contributed by atoms with Crippen LogP contribution in [0.1, 0.15) is 19.4 Å². The Bertz CT molecular complexity index is 1080. The molecular weight excluding hydrogens is 464 g/mol. The van der Waals surface area contributed by atoms with Crippen LogP contribution < -0.4 is 10.3 Å². The molecule has 0 saturated heterocycles. The zero-order chi connectivity index (χ0) is 22.2. The molecule has 0 aliphatic rings. The van der Waals surface area contributed by atoms with Gasteiger partial charge in [-0.2, -0.15) is 5.10 Å². The summed E-state index contributed by atoms with van der Waals surface area (Å²) in [5.74, 6) is 0.316. The summed E-state index contributed by atoms with van der Waals surface area (Å²) in [6.07, 6.45) is 1.48. The van der Waals surface area contributed by atoms with Crippen molar-refractivity contribution in [1.82, 2.24) is 9.78 Å². The Kier molecular flexibility index (Phi) is 8.20. The van der Waals surface area contributed by atoms with Crippen LogP contribution in [-0.2, 0) is 27.2 Å². The van der Waals surface area contributed by atoms with Gasteiger partial charge in [0.2, 0.25) is 0 Å². The SMILES string of the molecule is CCOC(=O)C(Cc1ccc(OCCn2ncc3cc(Br)ccc3c2=O)cc1)OCC. The lowest BCUT2D eigenvalue weighted by Crippen LogP contribution is -2.29. The number of halogens is 1. The molecule has 3 aromatic rings. The maximum Gasteiger partial charge on any atom is 0.335 e. The number of carbonyl (C=O) groups excluding carboxylic acids is 1. The summed E-state index contributed by atoms with van der Waals surface area (Å²) in [4.78, 5) is 24.6. The van der Waals surface area contributed by atoms with E-state index in [1.54, 1.807) is 19.2 Å². The maximum atomic E-state index is 12.6. The highest BCUT2D eigenvalue weighted by molar-refractivity contribution is 9.10. The Morgan fingerprint density at radius 3 is 2.61 bits per heavy atom. The van der Waals surface area contributed by atoms with E-state index in [-0.39, 0.29) is 11.5 Å². The first-order valence-corrected chi connectivity index (χ1v) is 11.0. The van der Waals surface area contributed by atoms with Gasteiger partial charge in [0.05, 0.1) is 24.7 Å². The molecule has 3 rings (SSSR count). The number of nitrogens with zero attached hydrogens (tertiary/aromatic N) is 2. The zero-order valence-corrected chi connectivity index (χ0v) is 19.1. The normalized spacial score (nSPS) is 12.0. The Balaban J connectivity index is 1.57. The minimum atomic E-state index is -0.622. The molecule has 0 radical (unpaired) electrons. The summed E-state index contributed by atoms with van der Waals surface area (Å²) < 4.78 is 18.6. The largest absolute Gasteiger partial charge is 0.492 e. The van der Waals surface area contributed by atoms with E-state index in [9.17, 15) is 9.59 Å². The molecule has 0 aliphatic carbocycles. The monoisotopic (exact) mass is 488 g/mol. The van der Waals surface area contributed by atoms with E-state index in [4.69, 9.17) is 14.2 Å². The lowest BCUT2D eigenvalue weighted by atomic mass is 10.1. The number of rotatable bonds is 10. The fraction of sp³-hybridized carbons (Fsp3) is 0.348. The van der Waals surface area contributed by atoms with Crippen LogP contribution in [0.2, 0.25) is 0 Å². The van der Waals surface area contributed by atoms with Gasteiger partial charge in [-0.15, -0.1) is 0 Å². The van der Waals surface area contributed by atoms with Gasteiger partial charge in [-0.1, -0.05) is 28.1 Å². The smallest absolute Gasteiger partial charge is 0.335 e. The third-order valence-corrected chi connectivity index (χ3v) is 5.14. The third kappa shape index (κ3) is 6.15. The van der Waals surface area contributed by atoms with Gasteiger partial charge in [-0.3, -0.25) is 4.79 Å². The van der Waals surface area contributed by atoms with Gasteiger partial charge in [0.15, 0.2) is 6.10 Å². The molecule has 0 amide bonds. The average Bonchev–Trinajstić information content (AvgIpc) is 2.76. The average molecular weight is 489 g/mol. The second-order valence-electron chi connectivity index (χ2n) is 6.80. The van der Waals surface area contributed by atoms with Crippen molar-refractivity contribution in [2.45, 2.75) is 32.9 Å². The predicted octanol–water partition coefficient (Wildman–Crippen LogP) is 3.75. The van der Waals surface area contributed by atoms with Crippen LogP contribution in [0, 0.1) is 0 Å². The van der Waals surface area contributed by atoms with Gasteiger partial charge in [0.1, 0.15) is 12.4 Å². The molecule has 7 nitrogen and oxygen atoms in total. The number of esters is 1. The number of hydrogen-bond acceptors (Lipinski definition) is 6. The molecule has 0 spiro atoms. The van der Waals surface area contributed by atoms with Gasteiger partial charge < -0.3 is 14.2 Å². The van der Waals surface area contributed by atoms with Crippen LogP contribution in [0.4, 0.5) is 0 Å². The second kappa shape index (κ2) is 11.1. The topological polar surface area (TPSA) is 79.7 Å². The first-order chi connectivity index (χ1) is 15.0. The van der Waals surface area contributed by atoms with Gasteiger partial charge in [-0.25, -0.2) is 9.48 Å². The standard InChI is InChI=1S/C23H25BrN2O5/c1-3-29-21(23(28)30-4-2)13-16-5-8-19(9-6-16)31-12-11-26-22(27)20-10-7-18(24)14-17(20)15-25-26/h5-10,14-15,21H,3-4,11-13H2,1-2H3. The molecule has 0 saturated carbocycles. The van der Waals surface area contributed by atoms with Crippen molar-refractivity contribution in [2.75, 3.05) is 19.8 Å². The van der Waals surface area contributed by atoms with Crippen molar-refractivity contribution in [3.05, 3.63) is 69.1 Å². The summed E-state index contributed by atoms with van der Waals surface area (Å²) in [6, 6.07) is 12.9. The molecule has 0 fully saturated rings. The summed E-state index contributed by atoms with van der Waals surface area (Å²) in [5.41, 5.74) is 0.794. The van der Waals surface area contributed by atoms with Crippen LogP contribution in [0.5, 0.6) is 5.75 Å². The Morgan fingerprint density at radius 2 is 1.90 bits per heavy atom. The van der Waals surface area contributed by atoms with Crippen molar-refractivity contribution in [1.29, 1.82) is 0 Å². The van der Waals surface area contributed by atoms with E-state index in [0.717, 1.165) is 15.4 Å². The highest BCUT2D eigenvalue weighted by Gasteiger charge is 2.20. The van der Waals surface area contributed by atoms with Crippen molar-refractivity contribution < 1.29 is 19.0 Å².